The number of thiophene rings is 1. The first-order valence-electron chi connectivity index (χ1n) is 8.38. The fourth-order valence-corrected chi connectivity index (χ4v) is 2.95. The highest BCUT2D eigenvalue weighted by molar-refractivity contribution is 7.12. The number of hydrogen-bond donors (Lipinski definition) is 2. The van der Waals surface area contributed by atoms with Crippen molar-refractivity contribution >= 4 is 34.7 Å². The lowest BCUT2D eigenvalue weighted by Crippen LogP contribution is -2.25. The Hall–Kier alpha value is -2.67. The molecule has 26 heavy (non-hydrogen) atoms. The van der Waals surface area contributed by atoms with Crippen LogP contribution in [0.5, 0.6) is 0 Å². The Morgan fingerprint density at radius 3 is 2.58 bits per heavy atom. The van der Waals surface area contributed by atoms with Gasteiger partial charge in [-0.3, -0.25) is 14.4 Å². The minimum atomic E-state index is -0.117. The Balaban J connectivity index is 1.79. The molecule has 0 saturated carbocycles. The van der Waals surface area contributed by atoms with E-state index in [2.05, 4.69) is 10.6 Å². The number of carbonyl (C=O) groups is 3. The Kier molecular flexibility index (Phi) is 7.35. The smallest absolute Gasteiger partial charge is 0.261 e. The van der Waals surface area contributed by atoms with Crippen molar-refractivity contribution in [3.8, 4) is 0 Å². The molecule has 0 aliphatic carbocycles. The van der Waals surface area contributed by atoms with Crippen molar-refractivity contribution in [2.45, 2.75) is 26.3 Å². The van der Waals surface area contributed by atoms with Gasteiger partial charge in [0.25, 0.3) is 5.91 Å². The van der Waals surface area contributed by atoms with Gasteiger partial charge in [-0.25, -0.2) is 0 Å². The molecule has 0 aliphatic heterocycles. The summed E-state index contributed by atoms with van der Waals surface area (Å²) in [7, 11) is 1.72. The number of carbonyl (C=O) groups excluding carboxylic acids is 3. The molecule has 1 aromatic carbocycles. The molecule has 1 aromatic heterocycles. The van der Waals surface area contributed by atoms with E-state index < -0.39 is 0 Å². The van der Waals surface area contributed by atoms with Crippen LogP contribution in [0, 0.1) is 0 Å². The van der Waals surface area contributed by atoms with Crippen LogP contribution in [0.1, 0.15) is 35.0 Å². The number of benzene rings is 1. The van der Waals surface area contributed by atoms with Gasteiger partial charge < -0.3 is 15.5 Å². The van der Waals surface area contributed by atoms with E-state index in [0.29, 0.717) is 36.5 Å². The first-order valence-corrected chi connectivity index (χ1v) is 9.26. The van der Waals surface area contributed by atoms with Gasteiger partial charge in [-0.1, -0.05) is 24.3 Å². The third kappa shape index (κ3) is 6.00. The van der Waals surface area contributed by atoms with Crippen LogP contribution in [0.25, 0.3) is 0 Å². The van der Waals surface area contributed by atoms with Crippen molar-refractivity contribution in [1.82, 2.24) is 10.2 Å². The predicted octanol–water partition coefficient (Wildman–Crippen LogP) is 2.88. The number of anilines is 1. The molecule has 0 aliphatic rings. The summed E-state index contributed by atoms with van der Waals surface area (Å²) in [4.78, 5) is 37.6. The number of nitrogens with zero attached hydrogens (tertiary/aromatic N) is 1. The van der Waals surface area contributed by atoms with Crippen molar-refractivity contribution in [2.75, 3.05) is 18.9 Å². The topological polar surface area (TPSA) is 78.5 Å². The number of amides is 3. The Labute approximate surface area is 157 Å². The van der Waals surface area contributed by atoms with E-state index in [-0.39, 0.29) is 17.7 Å². The highest BCUT2D eigenvalue weighted by atomic mass is 32.1. The Bertz CT molecular complexity index is 759. The van der Waals surface area contributed by atoms with Gasteiger partial charge in [-0.05, 0) is 29.5 Å². The molecule has 0 unspecified atom stereocenters. The quantitative estimate of drug-likeness (QED) is 0.699. The van der Waals surface area contributed by atoms with Crippen LogP contribution in [-0.4, -0.2) is 36.2 Å². The van der Waals surface area contributed by atoms with Gasteiger partial charge in [-0.2, -0.15) is 0 Å². The predicted molar refractivity (Wildman–Crippen MR) is 103 cm³/mol. The van der Waals surface area contributed by atoms with E-state index in [1.54, 1.807) is 18.0 Å². The Morgan fingerprint density at radius 2 is 1.88 bits per heavy atom. The zero-order chi connectivity index (χ0) is 18.9. The zero-order valence-electron chi connectivity index (χ0n) is 15.0. The van der Waals surface area contributed by atoms with E-state index in [1.807, 2.05) is 35.7 Å². The average molecular weight is 373 g/mol. The molecule has 2 N–H and O–H groups in total. The van der Waals surface area contributed by atoms with Crippen LogP contribution >= 0.6 is 11.3 Å². The molecular formula is C19H23N3O3S. The molecule has 6 nitrogen and oxygen atoms in total. The summed E-state index contributed by atoms with van der Waals surface area (Å²) in [5.41, 5.74) is 1.58. The van der Waals surface area contributed by atoms with Crippen molar-refractivity contribution < 1.29 is 14.4 Å². The van der Waals surface area contributed by atoms with E-state index >= 15 is 0 Å². The number of hydrogen-bond acceptors (Lipinski definition) is 4. The van der Waals surface area contributed by atoms with Crippen LogP contribution in [0.3, 0.4) is 0 Å². The standard InChI is InChI=1S/C19H23N3O3S/c1-14(23)22(2)13-15-7-3-4-8-16(15)21-18(24)10-5-11-20-19(25)17-9-6-12-26-17/h3-4,6-9,12H,5,10-11,13H2,1-2H3,(H,20,25)(H,21,24). The van der Waals surface area contributed by atoms with Gasteiger partial charge in [0, 0.05) is 39.2 Å². The van der Waals surface area contributed by atoms with E-state index in [9.17, 15) is 14.4 Å². The molecule has 1 heterocycles. The number of nitrogens with one attached hydrogen (secondary N) is 2. The minimum absolute atomic E-state index is 0.0346. The summed E-state index contributed by atoms with van der Waals surface area (Å²) < 4.78 is 0. The van der Waals surface area contributed by atoms with Gasteiger partial charge >= 0.3 is 0 Å². The molecule has 2 rings (SSSR count). The summed E-state index contributed by atoms with van der Waals surface area (Å²) >= 11 is 1.39. The molecule has 0 atom stereocenters. The number of rotatable bonds is 8. The highest BCUT2D eigenvalue weighted by Gasteiger charge is 2.10. The summed E-state index contributed by atoms with van der Waals surface area (Å²) in [6.07, 6.45) is 0.861. The normalized spacial score (nSPS) is 10.2. The minimum Gasteiger partial charge on any atom is -0.351 e. The van der Waals surface area contributed by atoms with Gasteiger partial charge in [0.1, 0.15) is 0 Å². The van der Waals surface area contributed by atoms with E-state index in [1.165, 1.54) is 18.3 Å². The van der Waals surface area contributed by atoms with E-state index in [0.717, 1.165) is 5.56 Å². The molecular weight excluding hydrogens is 350 g/mol. The molecule has 3 amide bonds. The second-order valence-electron chi connectivity index (χ2n) is 5.92. The first-order chi connectivity index (χ1) is 12.5. The fourth-order valence-electron chi connectivity index (χ4n) is 2.31. The summed E-state index contributed by atoms with van der Waals surface area (Å²) in [5, 5.41) is 7.54. The van der Waals surface area contributed by atoms with Crippen LogP contribution in [0.2, 0.25) is 0 Å². The monoisotopic (exact) mass is 373 g/mol. The number of para-hydroxylation sites is 1. The largest absolute Gasteiger partial charge is 0.351 e. The first kappa shape index (κ1) is 19.7. The molecule has 0 bridgehead atoms. The van der Waals surface area contributed by atoms with E-state index in [4.69, 9.17) is 0 Å². The zero-order valence-corrected chi connectivity index (χ0v) is 15.8. The maximum absolute atomic E-state index is 12.2. The maximum Gasteiger partial charge on any atom is 0.261 e. The second kappa shape index (κ2) is 9.72. The van der Waals surface area contributed by atoms with Crippen LogP contribution in [0.4, 0.5) is 5.69 Å². The van der Waals surface area contributed by atoms with Gasteiger partial charge in [-0.15, -0.1) is 11.3 Å². The maximum atomic E-state index is 12.2. The van der Waals surface area contributed by atoms with Crippen LogP contribution in [0.15, 0.2) is 41.8 Å². The fraction of sp³-hybridized carbons (Fsp3) is 0.316. The molecule has 138 valence electrons. The Morgan fingerprint density at radius 1 is 1.12 bits per heavy atom. The molecule has 2 aromatic rings. The summed E-state index contributed by atoms with van der Waals surface area (Å²) in [5.74, 6) is -0.265. The lowest BCUT2D eigenvalue weighted by Gasteiger charge is -2.18. The van der Waals surface area contributed by atoms with Gasteiger partial charge in [0.15, 0.2) is 0 Å². The molecule has 7 heteroatoms. The van der Waals surface area contributed by atoms with Crippen LogP contribution in [-0.2, 0) is 16.1 Å². The summed E-state index contributed by atoms with van der Waals surface area (Å²) in [6.45, 7) is 2.38. The highest BCUT2D eigenvalue weighted by Crippen LogP contribution is 2.17. The van der Waals surface area contributed by atoms with Crippen molar-refractivity contribution in [3.05, 3.63) is 52.2 Å². The molecule has 0 spiro atoms. The second-order valence-corrected chi connectivity index (χ2v) is 6.86. The van der Waals surface area contributed by atoms with Gasteiger partial charge in [0.2, 0.25) is 11.8 Å². The molecule has 0 radical (unpaired) electrons. The summed E-state index contributed by atoms with van der Waals surface area (Å²) in [6, 6.07) is 11.0. The third-order valence-electron chi connectivity index (χ3n) is 3.85. The van der Waals surface area contributed by atoms with Crippen molar-refractivity contribution in [2.24, 2.45) is 0 Å². The SMILES string of the molecule is CC(=O)N(C)Cc1ccccc1NC(=O)CCCNC(=O)c1cccs1. The molecule has 0 fully saturated rings. The average Bonchev–Trinajstić information content (AvgIpc) is 3.15. The lowest BCUT2D eigenvalue weighted by molar-refractivity contribution is -0.128. The van der Waals surface area contributed by atoms with Crippen molar-refractivity contribution in [1.29, 1.82) is 0 Å². The van der Waals surface area contributed by atoms with Crippen LogP contribution < -0.4 is 10.6 Å². The lowest BCUT2D eigenvalue weighted by atomic mass is 10.1. The third-order valence-corrected chi connectivity index (χ3v) is 4.72. The van der Waals surface area contributed by atoms with Gasteiger partial charge in [0.05, 0.1) is 4.88 Å². The van der Waals surface area contributed by atoms with Crippen molar-refractivity contribution in [3.63, 3.8) is 0 Å². The molecule has 0 saturated heterocycles.